The number of hydrogen-bond acceptors (Lipinski definition) is 3. The topological polar surface area (TPSA) is 42.0 Å². The number of hydrogen-bond donors (Lipinski definition) is 1. The Labute approximate surface area is 141 Å². The van der Waals surface area contributed by atoms with Crippen molar-refractivity contribution >= 4 is 45.6 Å². The van der Waals surface area contributed by atoms with Crippen LogP contribution in [0.2, 0.25) is 10.0 Å². The molecule has 1 aliphatic rings. The summed E-state index contributed by atoms with van der Waals surface area (Å²) in [5.74, 6) is -0.528. The zero-order chi connectivity index (χ0) is 15.9. The predicted octanol–water partition coefficient (Wildman–Crippen LogP) is 4.97. The molecule has 0 radical (unpaired) electrons. The standard InChI is InChI=1S/C15H13Cl2FN2OS/c1-7-2-3-12-13(4-7)22-15(19-12)20-14(21)8-5-11(18)10(17)6-9(8)16/h5-7H,2-4H2,1H3,(H,19,20,21). The second-order valence-corrected chi connectivity index (χ2v) is 7.34. The van der Waals surface area contributed by atoms with Crippen molar-refractivity contribution in [2.24, 2.45) is 5.92 Å². The van der Waals surface area contributed by atoms with Crippen molar-refractivity contribution in [3.63, 3.8) is 0 Å². The first kappa shape index (κ1) is 15.7. The number of aromatic nitrogens is 1. The van der Waals surface area contributed by atoms with Crippen molar-refractivity contribution in [2.45, 2.75) is 26.2 Å². The van der Waals surface area contributed by atoms with Crippen LogP contribution >= 0.6 is 34.5 Å². The van der Waals surface area contributed by atoms with Crippen molar-refractivity contribution in [2.75, 3.05) is 5.32 Å². The van der Waals surface area contributed by atoms with Crippen LogP contribution in [0.15, 0.2) is 12.1 Å². The van der Waals surface area contributed by atoms with E-state index in [2.05, 4.69) is 17.2 Å². The zero-order valence-electron chi connectivity index (χ0n) is 11.8. The van der Waals surface area contributed by atoms with Gasteiger partial charge in [0.1, 0.15) is 5.82 Å². The van der Waals surface area contributed by atoms with Gasteiger partial charge in [-0.05, 0) is 37.3 Å². The van der Waals surface area contributed by atoms with E-state index in [1.165, 1.54) is 22.3 Å². The van der Waals surface area contributed by atoms with Crippen LogP contribution in [0.4, 0.5) is 9.52 Å². The van der Waals surface area contributed by atoms with E-state index in [1.54, 1.807) is 0 Å². The van der Waals surface area contributed by atoms with Gasteiger partial charge in [0, 0.05) is 4.88 Å². The van der Waals surface area contributed by atoms with Gasteiger partial charge in [-0.1, -0.05) is 30.1 Å². The first-order valence-corrected chi connectivity index (χ1v) is 8.45. The number of fused-ring (bicyclic) bond motifs is 1. The number of benzene rings is 1. The molecule has 3 nitrogen and oxygen atoms in total. The summed E-state index contributed by atoms with van der Waals surface area (Å²) in [4.78, 5) is 17.9. The number of amides is 1. The molecule has 1 aliphatic carbocycles. The summed E-state index contributed by atoms with van der Waals surface area (Å²) >= 11 is 13.1. The molecule has 0 saturated carbocycles. The predicted molar refractivity (Wildman–Crippen MR) is 87.7 cm³/mol. The molecule has 7 heteroatoms. The lowest BCUT2D eigenvalue weighted by atomic mass is 9.93. The molecule has 3 rings (SSSR count). The Bertz CT molecular complexity index is 747. The second kappa shape index (κ2) is 6.14. The lowest BCUT2D eigenvalue weighted by Gasteiger charge is -2.15. The molecule has 0 fully saturated rings. The molecule has 116 valence electrons. The first-order valence-electron chi connectivity index (χ1n) is 6.88. The number of aryl methyl sites for hydroxylation is 1. The maximum atomic E-state index is 13.5. The van der Waals surface area contributed by atoms with Crippen molar-refractivity contribution in [3.05, 3.63) is 44.1 Å². The Morgan fingerprint density at radius 1 is 1.41 bits per heavy atom. The third-order valence-electron chi connectivity index (χ3n) is 3.66. The van der Waals surface area contributed by atoms with E-state index in [0.717, 1.165) is 31.0 Å². The van der Waals surface area contributed by atoms with Gasteiger partial charge >= 0.3 is 0 Å². The van der Waals surface area contributed by atoms with Crippen molar-refractivity contribution < 1.29 is 9.18 Å². The fraction of sp³-hybridized carbons (Fsp3) is 0.333. The van der Waals surface area contributed by atoms with Gasteiger partial charge in [0.05, 0.1) is 21.3 Å². The summed E-state index contributed by atoms with van der Waals surface area (Å²) in [6, 6.07) is 2.26. The normalized spacial score (nSPS) is 17.2. The Balaban J connectivity index is 1.82. The Kier molecular flexibility index (Phi) is 4.39. The molecule has 0 bridgehead atoms. The molecule has 0 spiro atoms. The molecule has 1 amide bonds. The maximum Gasteiger partial charge on any atom is 0.259 e. The van der Waals surface area contributed by atoms with Crippen LogP contribution in [0.25, 0.3) is 0 Å². The zero-order valence-corrected chi connectivity index (χ0v) is 14.1. The summed E-state index contributed by atoms with van der Waals surface area (Å²) in [7, 11) is 0. The summed E-state index contributed by atoms with van der Waals surface area (Å²) in [5.41, 5.74) is 1.09. The molecular formula is C15H13Cl2FN2OS. The highest BCUT2D eigenvalue weighted by Crippen LogP contribution is 2.32. The number of carbonyl (C=O) groups excluding carboxylic acids is 1. The molecule has 22 heavy (non-hydrogen) atoms. The largest absolute Gasteiger partial charge is 0.298 e. The molecular weight excluding hydrogens is 346 g/mol. The molecule has 0 aliphatic heterocycles. The van der Waals surface area contributed by atoms with Crippen molar-refractivity contribution in [3.8, 4) is 0 Å². The minimum absolute atomic E-state index is 0.0464. The van der Waals surface area contributed by atoms with Crippen LogP contribution in [0.5, 0.6) is 0 Å². The minimum atomic E-state index is -0.677. The van der Waals surface area contributed by atoms with Gasteiger partial charge in [0.25, 0.3) is 5.91 Å². The first-order chi connectivity index (χ1) is 10.4. The van der Waals surface area contributed by atoms with E-state index in [1.807, 2.05) is 0 Å². The van der Waals surface area contributed by atoms with E-state index in [9.17, 15) is 9.18 Å². The van der Waals surface area contributed by atoms with E-state index in [4.69, 9.17) is 23.2 Å². The molecule has 1 aromatic carbocycles. The molecule has 1 heterocycles. The van der Waals surface area contributed by atoms with Crippen LogP contribution in [0, 0.1) is 11.7 Å². The number of halogens is 3. The smallest absolute Gasteiger partial charge is 0.259 e. The molecule has 1 unspecified atom stereocenters. The number of thiazole rings is 1. The lowest BCUT2D eigenvalue weighted by molar-refractivity contribution is 0.102. The van der Waals surface area contributed by atoms with Crippen LogP contribution < -0.4 is 5.32 Å². The third-order valence-corrected chi connectivity index (χ3v) is 5.30. The highest BCUT2D eigenvalue weighted by Gasteiger charge is 2.21. The number of nitrogens with zero attached hydrogens (tertiary/aromatic N) is 1. The number of rotatable bonds is 2. The Hall–Kier alpha value is -1.17. The van der Waals surface area contributed by atoms with Crippen LogP contribution in [-0.4, -0.2) is 10.9 Å². The molecule has 1 N–H and O–H groups in total. The maximum absolute atomic E-state index is 13.5. The van der Waals surface area contributed by atoms with Gasteiger partial charge in [0.2, 0.25) is 0 Å². The van der Waals surface area contributed by atoms with Crippen LogP contribution in [0.1, 0.15) is 34.3 Å². The van der Waals surface area contributed by atoms with E-state index >= 15 is 0 Å². The SMILES string of the molecule is CC1CCc2nc(NC(=O)c3cc(F)c(Cl)cc3Cl)sc2C1. The molecule has 0 saturated heterocycles. The Morgan fingerprint density at radius 2 is 2.18 bits per heavy atom. The van der Waals surface area contributed by atoms with Crippen LogP contribution in [0.3, 0.4) is 0 Å². The van der Waals surface area contributed by atoms with E-state index in [0.29, 0.717) is 11.0 Å². The Morgan fingerprint density at radius 3 is 2.95 bits per heavy atom. The third kappa shape index (κ3) is 3.12. The lowest BCUT2D eigenvalue weighted by Crippen LogP contribution is -2.13. The van der Waals surface area contributed by atoms with E-state index < -0.39 is 11.7 Å². The summed E-state index contributed by atoms with van der Waals surface area (Å²) in [6.45, 7) is 2.21. The van der Waals surface area contributed by atoms with Gasteiger partial charge in [-0.25, -0.2) is 9.37 Å². The fourth-order valence-corrected chi connectivity index (χ4v) is 4.09. The summed E-state index contributed by atoms with van der Waals surface area (Å²) in [5, 5.41) is 3.21. The van der Waals surface area contributed by atoms with Gasteiger partial charge in [-0.2, -0.15) is 0 Å². The quantitative estimate of drug-likeness (QED) is 0.770. The van der Waals surface area contributed by atoms with Gasteiger partial charge in [0.15, 0.2) is 5.13 Å². The molecule has 1 atom stereocenters. The minimum Gasteiger partial charge on any atom is -0.298 e. The fourth-order valence-electron chi connectivity index (χ4n) is 2.45. The van der Waals surface area contributed by atoms with E-state index in [-0.39, 0.29) is 15.6 Å². The molecule has 2 aromatic rings. The average Bonchev–Trinajstić information content (AvgIpc) is 2.83. The molecule has 1 aromatic heterocycles. The van der Waals surface area contributed by atoms with Gasteiger partial charge in [-0.3, -0.25) is 10.1 Å². The monoisotopic (exact) mass is 358 g/mol. The van der Waals surface area contributed by atoms with Crippen molar-refractivity contribution in [1.82, 2.24) is 4.98 Å². The number of carbonyl (C=O) groups is 1. The second-order valence-electron chi connectivity index (χ2n) is 5.44. The highest BCUT2D eigenvalue weighted by atomic mass is 35.5. The van der Waals surface area contributed by atoms with Gasteiger partial charge in [-0.15, -0.1) is 11.3 Å². The summed E-state index contributed by atoms with van der Waals surface area (Å²) < 4.78 is 13.5. The van der Waals surface area contributed by atoms with Crippen molar-refractivity contribution in [1.29, 1.82) is 0 Å². The van der Waals surface area contributed by atoms with Crippen LogP contribution in [-0.2, 0) is 12.8 Å². The number of nitrogens with one attached hydrogen (secondary N) is 1. The van der Waals surface area contributed by atoms with Gasteiger partial charge < -0.3 is 0 Å². The average molecular weight is 359 g/mol. The highest BCUT2D eigenvalue weighted by molar-refractivity contribution is 7.15. The summed E-state index contributed by atoms with van der Waals surface area (Å²) in [6.07, 6.45) is 3.02. The number of anilines is 1.